The average Bonchev–Trinajstić information content (AvgIpc) is 2.43. The Balaban J connectivity index is 2.22. The second-order valence-electron chi connectivity index (χ2n) is 4.38. The molecule has 0 heterocycles. The summed E-state index contributed by atoms with van der Waals surface area (Å²) in [4.78, 5) is 0. The van der Waals surface area contributed by atoms with E-state index in [1.807, 2.05) is 19.1 Å². The molecule has 18 heavy (non-hydrogen) atoms. The number of oxime groups is 1. The molecule has 2 aromatic rings. The summed E-state index contributed by atoms with van der Waals surface area (Å²) in [6, 6.07) is 12.4. The van der Waals surface area contributed by atoms with Crippen LogP contribution in [0.15, 0.2) is 41.6 Å². The van der Waals surface area contributed by atoms with E-state index in [0.29, 0.717) is 0 Å². The Kier molecular flexibility index (Phi) is 3.82. The van der Waals surface area contributed by atoms with Crippen molar-refractivity contribution >= 4 is 16.5 Å². The van der Waals surface area contributed by atoms with Crippen molar-refractivity contribution in [2.24, 2.45) is 5.16 Å². The zero-order valence-corrected chi connectivity index (χ0v) is 10.7. The van der Waals surface area contributed by atoms with Crippen molar-refractivity contribution in [3.05, 3.63) is 42.0 Å². The molecular weight excluding hydrogens is 226 g/mol. The van der Waals surface area contributed by atoms with E-state index >= 15 is 0 Å². The maximum atomic E-state index is 8.62. The predicted molar refractivity (Wildman–Crippen MR) is 73.7 cm³/mol. The van der Waals surface area contributed by atoms with Gasteiger partial charge in [0.05, 0.1) is 12.8 Å². The van der Waals surface area contributed by atoms with Crippen molar-refractivity contribution in [1.29, 1.82) is 0 Å². The molecular formula is C15H17NO2. The maximum absolute atomic E-state index is 8.62. The fourth-order valence-electron chi connectivity index (χ4n) is 1.93. The Morgan fingerprint density at radius 1 is 1.17 bits per heavy atom. The molecule has 2 rings (SSSR count). The van der Waals surface area contributed by atoms with Crippen molar-refractivity contribution in [3.8, 4) is 5.75 Å². The van der Waals surface area contributed by atoms with Crippen LogP contribution in [-0.4, -0.2) is 18.0 Å². The molecule has 3 heteroatoms. The quantitative estimate of drug-likeness (QED) is 0.506. The van der Waals surface area contributed by atoms with Crippen molar-refractivity contribution in [2.75, 3.05) is 7.11 Å². The Labute approximate surface area is 107 Å². The molecule has 0 aliphatic heterocycles. The summed E-state index contributed by atoms with van der Waals surface area (Å²) in [5.74, 6) is 0.874. The summed E-state index contributed by atoms with van der Waals surface area (Å²) < 4.78 is 5.20. The molecule has 1 N–H and O–H groups in total. The summed E-state index contributed by atoms with van der Waals surface area (Å²) in [6.07, 6.45) is 1.66. The van der Waals surface area contributed by atoms with Gasteiger partial charge in [-0.15, -0.1) is 0 Å². The van der Waals surface area contributed by atoms with E-state index in [0.717, 1.165) is 24.3 Å². The number of benzene rings is 2. The molecule has 0 bridgehead atoms. The molecule has 0 aliphatic rings. The first-order valence-electron chi connectivity index (χ1n) is 5.97. The second-order valence-corrected chi connectivity index (χ2v) is 4.38. The van der Waals surface area contributed by atoms with Gasteiger partial charge in [0.15, 0.2) is 0 Å². The molecule has 0 spiro atoms. The van der Waals surface area contributed by atoms with Gasteiger partial charge in [-0.05, 0) is 48.2 Å². The second kappa shape index (κ2) is 5.54. The lowest BCUT2D eigenvalue weighted by molar-refractivity contribution is 0.317. The number of methoxy groups -OCH3 is 1. The van der Waals surface area contributed by atoms with E-state index in [9.17, 15) is 0 Å². The summed E-state index contributed by atoms with van der Waals surface area (Å²) >= 11 is 0. The Morgan fingerprint density at radius 2 is 1.89 bits per heavy atom. The van der Waals surface area contributed by atoms with Gasteiger partial charge in [-0.1, -0.05) is 29.4 Å². The van der Waals surface area contributed by atoms with Gasteiger partial charge in [-0.25, -0.2) is 0 Å². The fraction of sp³-hybridized carbons (Fsp3) is 0.267. The van der Waals surface area contributed by atoms with Gasteiger partial charge in [0, 0.05) is 0 Å². The van der Waals surface area contributed by atoms with Crippen LogP contribution in [0.4, 0.5) is 0 Å². The average molecular weight is 243 g/mol. The van der Waals surface area contributed by atoms with Crippen LogP contribution in [0.1, 0.15) is 18.9 Å². The summed E-state index contributed by atoms with van der Waals surface area (Å²) in [5.41, 5.74) is 2.00. The highest BCUT2D eigenvalue weighted by Gasteiger charge is 2.00. The highest BCUT2D eigenvalue weighted by atomic mass is 16.5. The van der Waals surface area contributed by atoms with Gasteiger partial charge < -0.3 is 9.94 Å². The number of hydrogen-bond donors (Lipinski definition) is 1. The fourth-order valence-corrected chi connectivity index (χ4v) is 1.93. The van der Waals surface area contributed by atoms with Crippen molar-refractivity contribution in [3.63, 3.8) is 0 Å². The molecule has 3 nitrogen and oxygen atoms in total. The molecule has 0 saturated heterocycles. The molecule has 0 aromatic heterocycles. The van der Waals surface area contributed by atoms with Gasteiger partial charge in [-0.3, -0.25) is 0 Å². The number of fused-ring (bicyclic) bond motifs is 1. The largest absolute Gasteiger partial charge is 0.497 e. The van der Waals surface area contributed by atoms with Gasteiger partial charge in [0.1, 0.15) is 5.75 Å². The number of aryl methyl sites for hydroxylation is 1. The molecule has 94 valence electrons. The van der Waals surface area contributed by atoms with Crippen molar-refractivity contribution in [1.82, 2.24) is 0 Å². The van der Waals surface area contributed by atoms with Crippen LogP contribution < -0.4 is 4.74 Å². The van der Waals surface area contributed by atoms with Crippen LogP contribution in [0.3, 0.4) is 0 Å². The van der Waals surface area contributed by atoms with Crippen molar-refractivity contribution < 1.29 is 9.94 Å². The Morgan fingerprint density at radius 3 is 2.61 bits per heavy atom. The third kappa shape index (κ3) is 2.80. The number of hydrogen-bond acceptors (Lipinski definition) is 3. The first-order valence-corrected chi connectivity index (χ1v) is 5.97. The summed E-state index contributed by atoms with van der Waals surface area (Å²) in [6.45, 7) is 1.83. The van der Waals surface area contributed by atoms with Gasteiger partial charge in [0.2, 0.25) is 0 Å². The van der Waals surface area contributed by atoms with Gasteiger partial charge >= 0.3 is 0 Å². The zero-order chi connectivity index (χ0) is 13.0. The van der Waals surface area contributed by atoms with Crippen LogP contribution in [0.5, 0.6) is 5.75 Å². The topological polar surface area (TPSA) is 41.8 Å². The molecule has 0 atom stereocenters. The summed E-state index contributed by atoms with van der Waals surface area (Å²) in [7, 11) is 1.67. The molecule has 0 amide bonds. The monoisotopic (exact) mass is 243 g/mol. The van der Waals surface area contributed by atoms with E-state index in [1.54, 1.807) is 7.11 Å². The maximum Gasteiger partial charge on any atom is 0.119 e. The minimum absolute atomic E-state index is 0.754. The first kappa shape index (κ1) is 12.4. The van der Waals surface area contributed by atoms with E-state index < -0.39 is 0 Å². The predicted octanol–water partition coefficient (Wildman–Crippen LogP) is 3.63. The van der Waals surface area contributed by atoms with Crippen LogP contribution in [-0.2, 0) is 6.42 Å². The molecule has 0 unspecified atom stereocenters. The molecule has 0 fully saturated rings. The van der Waals surface area contributed by atoms with Crippen LogP contribution in [0.25, 0.3) is 10.8 Å². The van der Waals surface area contributed by atoms with Crippen LogP contribution >= 0.6 is 0 Å². The SMILES string of the molecule is COc1ccc2cc(CC/C(C)=N/O)ccc2c1. The zero-order valence-electron chi connectivity index (χ0n) is 10.7. The van der Waals surface area contributed by atoms with Crippen molar-refractivity contribution in [2.45, 2.75) is 19.8 Å². The molecule has 0 aliphatic carbocycles. The molecule has 0 saturated carbocycles. The normalized spacial score (nSPS) is 11.8. The lowest BCUT2D eigenvalue weighted by atomic mass is 10.0. The third-order valence-corrected chi connectivity index (χ3v) is 3.06. The van der Waals surface area contributed by atoms with E-state index in [-0.39, 0.29) is 0 Å². The van der Waals surface area contributed by atoms with Gasteiger partial charge in [-0.2, -0.15) is 0 Å². The standard InChI is InChI=1S/C15H17NO2/c1-11(16-17)3-4-12-5-6-14-10-15(18-2)8-7-13(14)9-12/h5-10,17H,3-4H2,1-2H3/b16-11+. The first-order chi connectivity index (χ1) is 8.72. The highest BCUT2D eigenvalue weighted by Crippen LogP contribution is 2.22. The third-order valence-electron chi connectivity index (χ3n) is 3.06. The van der Waals surface area contributed by atoms with Gasteiger partial charge in [0.25, 0.3) is 0 Å². The van der Waals surface area contributed by atoms with E-state index in [1.165, 1.54) is 16.3 Å². The smallest absolute Gasteiger partial charge is 0.119 e. The van der Waals surface area contributed by atoms with E-state index in [2.05, 4.69) is 29.4 Å². The molecule has 0 radical (unpaired) electrons. The van der Waals surface area contributed by atoms with Crippen LogP contribution in [0.2, 0.25) is 0 Å². The minimum Gasteiger partial charge on any atom is -0.497 e. The lowest BCUT2D eigenvalue weighted by Gasteiger charge is -2.05. The minimum atomic E-state index is 0.754. The number of rotatable bonds is 4. The van der Waals surface area contributed by atoms with Crippen LogP contribution in [0, 0.1) is 0 Å². The van der Waals surface area contributed by atoms with E-state index in [4.69, 9.17) is 9.94 Å². The summed E-state index contributed by atoms with van der Waals surface area (Å²) in [5, 5.41) is 14.2. The Hall–Kier alpha value is -2.03. The molecule has 2 aromatic carbocycles. The number of nitrogens with zero attached hydrogens (tertiary/aromatic N) is 1. The Bertz CT molecular complexity index is 576. The highest BCUT2D eigenvalue weighted by molar-refractivity contribution is 5.85. The lowest BCUT2D eigenvalue weighted by Crippen LogP contribution is -1.95. The number of ether oxygens (including phenoxy) is 1.